The molecule has 0 unspecified atom stereocenters. The predicted octanol–water partition coefficient (Wildman–Crippen LogP) is 4.07. The molecule has 0 fully saturated rings. The summed E-state index contributed by atoms with van der Waals surface area (Å²) in [6.07, 6.45) is 2.08. The number of aromatic nitrogens is 1. The Morgan fingerprint density at radius 1 is 1.10 bits per heavy atom. The standard InChI is InChI=1S/C16H15BrN2O/c17-15-5-2-6-16-14(15)7-8-19(16)9-10-20-13-4-1-3-12(18)11-13/h1-8,11H,9-10,18H2. The van der Waals surface area contributed by atoms with Gasteiger partial charge in [-0.2, -0.15) is 0 Å². The molecule has 0 radical (unpaired) electrons. The first-order valence-electron chi connectivity index (χ1n) is 6.46. The summed E-state index contributed by atoms with van der Waals surface area (Å²) in [7, 11) is 0. The lowest BCUT2D eigenvalue weighted by Crippen LogP contribution is -2.07. The van der Waals surface area contributed by atoms with Crippen LogP contribution in [0.5, 0.6) is 5.75 Å². The van der Waals surface area contributed by atoms with E-state index >= 15 is 0 Å². The van der Waals surface area contributed by atoms with E-state index in [2.05, 4.69) is 44.9 Å². The Labute approximate surface area is 126 Å². The third-order valence-corrected chi connectivity index (χ3v) is 3.91. The molecule has 102 valence electrons. The van der Waals surface area contributed by atoms with Gasteiger partial charge in [0.05, 0.1) is 6.54 Å². The Morgan fingerprint density at radius 3 is 2.80 bits per heavy atom. The highest BCUT2D eigenvalue weighted by atomic mass is 79.9. The van der Waals surface area contributed by atoms with E-state index in [1.807, 2.05) is 30.3 Å². The molecule has 0 aliphatic heterocycles. The average Bonchev–Trinajstić information content (AvgIpc) is 2.84. The molecular weight excluding hydrogens is 316 g/mol. The number of halogens is 1. The van der Waals surface area contributed by atoms with Gasteiger partial charge in [0.2, 0.25) is 0 Å². The van der Waals surface area contributed by atoms with E-state index in [0.717, 1.165) is 22.5 Å². The maximum Gasteiger partial charge on any atom is 0.121 e. The summed E-state index contributed by atoms with van der Waals surface area (Å²) >= 11 is 3.56. The number of nitrogen functional groups attached to an aromatic ring is 1. The average molecular weight is 331 g/mol. The molecule has 1 aromatic heterocycles. The van der Waals surface area contributed by atoms with E-state index in [1.165, 1.54) is 10.9 Å². The second-order valence-electron chi connectivity index (χ2n) is 4.60. The first kappa shape index (κ1) is 13.1. The summed E-state index contributed by atoms with van der Waals surface area (Å²) < 4.78 is 9.03. The molecule has 2 aromatic carbocycles. The van der Waals surface area contributed by atoms with Crippen LogP contribution in [0.1, 0.15) is 0 Å². The van der Waals surface area contributed by atoms with Crippen molar-refractivity contribution < 1.29 is 4.74 Å². The second-order valence-corrected chi connectivity index (χ2v) is 5.46. The van der Waals surface area contributed by atoms with Crippen LogP contribution in [-0.2, 0) is 6.54 Å². The van der Waals surface area contributed by atoms with Gasteiger partial charge in [0.25, 0.3) is 0 Å². The fourth-order valence-corrected chi connectivity index (χ4v) is 2.73. The van der Waals surface area contributed by atoms with Crippen molar-refractivity contribution in [1.82, 2.24) is 4.57 Å². The highest BCUT2D eigenvalue weighted by molar-refractivity contribution is 9.10. The smallest absolute Gasteiger partial charge is 0.121 e. The minimum atomic E-state index is 0.611. The number of ether oxygens (including phenoxy) is 1. The van der Waals surface area contributed by atoms with E-state index in [1.54, 1.807) is 0 Å². The molecule has 0 bridgehead atoms. The zero-order chi connectivity index (χ0) is 13.9. The fraction of sp³-hybridized carbons (Fsp3) is 0.125. The van der Waals surface area contributed by atoms with Gasteiger partial charge in [-0.05, 0) is 30.3 Å². The Morgan fingerprint density at radius 2 is 1.95 bits per heavy atom. The van der Waals surface area contributed by atoms with E-state index in [4.69, 9.17) is 10.5 Å². The Balaban J connectivity index is 1.70. The van der Waals surface area contributed by atoms with Crippen LogP contribution < -0.4 is 10.5 Å². The SMILES string of the molecule is Nc1cccc(OCCn2ccc3c(Br)cccc32)c1. The molecule has 0 aliphatic rings. The largest absolute Gasteiger partial charge is 0.492 e. The first-order valence-corrected chi connectivity index (χ1v) is 7.25. The number of nitrogens with zero attached hydrogens (tertiary/aromatic N) is 1. The topological polar surface area (TPSA) is 40.2 Å². The second kappa shape index (κ2) is 5.59. The lowest BCUT2D eigenvalue weighted by molar-refractivity contribution is 0.300. The van der Waals surface area contributed by atoms with Crippen LogP contribution in [0.15, 0.2) is 59.2 Å². The van der Waals surface area contributed by atoms with Gasteiger partial charge in [0.1, 0.15) is 12.4 Å². The molecule has 20 heavy (non-hydrogen) atoms. The van der Waals surface area contributed by atoms with Gasteiger partial charge in [-0.3, -0.25) is 0 Å². The van der Waals surface area contributed by atoms with Crippen LogP contribution in [0.3, 0.4) is 0 Å². The Kier molecular flexibility index (Phi) is 3.65. The summed E-state index contributed by atoms with van der Waals surface area (Å²) in [5, 5.41) is 1.22. The fourth-order valence-electron chi connectivity index (χ4n) is 2.25. The van der Waals surface area contributed by atoms with Gasteiger partial charge in [-0.1, -0.05) is 28.1 Å². The van der Waals surface area contributed by atoms with Crippen LogP contribution in [0, 0.1) is 0 Å². The maximum atomic E-state index is 5.73. The van der Waals surface area contributed by atoms with Crippen molar-refractivity contribution in [1.29, 1.82) is 0 Å². The Hall–Kier alpha value is -1.94. The minimum absolute atomic E-state index is 0.611. The van der Waals surface area contributed by atoms with E-state index in [-0.39, 0.29) is 0 Å². The van der Waals surface area contributed by atoms with E-state index < -0.39 is 0 Å². The third-order valence-electron chi connectivity index (χ3n) is 3.22. The monoisotopic (exact) mass is 330 g/mol. The quantitative estimate of drug-likeness (QED) is 0.732. The molecule has 0 aliphatic carbocycles. The molecule has 0 amide bonds. The maximum absolute atomic E-state index is 5.73. The lowest BCUT2D eigenvalue weighted by Gasteiger charge is -2.09. The van der Waals surface area contributed by atoms with Crippen molar-refractivity contribution in [3.05, 3.63) is 59.2 Å². The molecule has 1 heterocycles. The van der Waals surface area contributed by atoms with Gasteiger partial charge in [0.15, 0.2) is 0 Å². The Bertz CT molecular complexity index is 736. The molecule has 0 saturated heterocycles. The first-order chi connectivity index (χ1) is 9.74. The van der Waals surface area contributed by atoms with Gasteiger partial charge >= 0.3 is 0 Å². The molecule has 0 spiro atoms. The van der Waals surface area contributed by atoms with E-state index in [9.17, 15) is 0 Å². The van der Waals surface area contributed by atoms with Gasteiger partial charge < -0.3 is 15.0 Å². The third kappa shape index (κ3) is 2.65. The van der Waals surface area contributed by atoms with Crippen molar-refractivity contribution in [3.63, 3.8) is 0 Å². The summed E-state index contributed by atoms with van der Waals surface area (Å²) in [4.78, 5) is 0. The van der Waals surface area contributed by atoms with Crippen molar-refractivity contribution >= 4 is 32.5 Å². The van der Waals surface area contributed by atoms with Gasteiger partial charge in [-0.25, -0.2) is 0 Å². The molecular formula is C16H15BrN2O. The molecule has 3 rings (SSSR count). The highest BCUT2D eigenvalue weighted by Gasteiger charge is 2.03. The zero-order valence-corrected chi connectivity index (χ0v) is 12.5. The molecule has 0 saturated carbocycles. The van der Waals surface area contributed by atoms with Crippen LogP contribution >= 0.6 is 15.9 Å². The number of hydrogen-bond acceptors (Lipinski definition) is 2. The van der Waals surface area contributed by atoms with E-state index in [0.29, 0.717) is 6.61 Å². The van der Waals surface area contributed by atoms with Gasteiger partial charge in [0, 0.05) is 33.3 Å². The van der Waals surface area contributed by atoms with Crippen molar-refractivity contribution in [3.8, 4) is 5.75 Å². The van der Waals surface area contributed by atoms with Crippen molar-refractivity contribution in [2.45, 2.75) is 6.54 Å². The van der Waals surface area contributed by atoms with Crippen LogP contribution in [-0.4, -0.2) is 11.2 Å². The van der Waals surface area contributed by atoms with Crippen molar-refractivity contribution in [2.24, 2.45) is 0 Å². The molecule has 2 N–H and O–H groups in total. The normalized spacial score (nSPS) is 10.8. The summed E-state index contributed by atoms with van der Waals surface area (Å²) in [6, 6.07) is 15.8. The molecule has 3 nitrogen and oxygen atoms in total. The van der Waals surface area contributed by atoms with Crippen LogP contribution in [0.4, 0.5) is 5.69 Å². The molecule has 0 atom stereocenters. The predicted molar refractivity (Wildman–Crippen MR) is 86.0 cm³/mol. The molecule has 4 heteroatoms. The summed E-state index contributed by atoms with van der Waals surface area (Å²) in [5.74, 6) is 0.808. The molecule has 3 aromatic rings. The summed E-state index contributed by atoms with van der Waals surface area (Å²) in [6.45, 7) is 1.41. The van der Waals surface area contributed by atoms with Crippen LogP contribution in [0.2, 0.25) is 0 Å². The number of benzene rings is 2. The highest BCUT2D eigenvalue weighted by Crippen LogP contribution is 2.24. The number of rotatable bonds is 4. The summed E-state index contributed by atoms with van der Waals surface area (Å²) in [5.41, 5.74) is 7.65. The van der Waals surface area contributed by atoms with Gasteiger partial charge in [-0.15, -0.1) is 0 Å². The minimum Gasteiger partial charge on any atom is -0.492 e. The van der Waals surface area contributed by atoms with Crippen LogP contribution in [0.25, 0.3) is 10.9 Å². The number of hydrogen-bond donors (Lipinski definition) is 1. The van der Waals surface area contributed by atoms with Crippen molar-refractivity contribution in [2.75, 3.05) is 12.3 Å². The zero-order valence-electron chi connectivity index (χ0n) is 10.9. The number of fused-ring (bicyclic) bond motifs is 1. The number of anilines is 1. The lowest BCUT2D eigenvalue weighted by atomic mass is 10.2. The number of nitrogens with two attached hydrogens (primary N) is 1.